The summed E-state index contributed by atoms with van der Waals surface area (Å²) in [5.41, 5.74) is 2.75. The van der Waals surface area contributed by atoms with Crippen LogP contribution in [0.2, 0.25) is 5.02 Å². The van der Waals surface area contributed by atoms with E-state index >= 15 is 0 Å². The molecule has 106 valence electrons. The summed E-state index contributed by atoms with van der Waals surface area (Å²) >= 11 is 13.3. The van der Waals surface area contributed by atoms with Crippen LogP contribution in [0.25, 0.3) is 0 Å². The second-order valence-corrected chi connectivity index (χ2v) is 7.74. The number of thioether (sulfide) groups is 1. The lowest BCUT2D eigenvalue weighted by atomic mass is 10.0. The average Bonchev–Trinajstić information content (AvgIpc) is 2.48. The molecule has 2 heterocycles. The Kier molecular flexibility index (Phi) is 4.69. The summed E-state index contributed by atoms with van der Waals surface area (Å²) in [6, 6.07) is 8.20. The zero-order chi connectivity index (χ0) is 13.9. The summed E-state index contributed by atoms with van der Waals surface area (Å²) < 4.78 is 1.01. The number of halogens is 1. The topological polar surface area (TPSA) is 3.24 Å². The van der Waals surface area contributed by atoms with Crippen molar-refractivity contribution >= 4 is 39.8 Å². The Balaban J connectivity index is 1.77. The van der Waals surface area contributed by atoms with Crippen molar-refractivity contribution in [3.05, 3.63) is 46.6 Å². The lowest BCUT2D eigenvalue weighted by Crippen LogP contribution is -2.31. The summed E-state index contributed by atoms with van der Waals surface area (Å²) in [5.74, 6) is 0. The first-order valence-electron chi connectivity index (χ1n) is 7.14. The molecule has 0 aliphatic carbocycles. The second-order valence-electron chi connectivity index (χ2n) is 5.36. The quantitative estimate of drug-likeness (QED) is 0.687. The molecule has 1 aromatic rings. The molecule has 0 spiro atoms. The van der Waals surface area contributed by atoms with Gasteiger partial charge in [0.1, 0.15) is 0 Å². The minimum Gasteiger partial charge on any atom is -0.375 e. The van der Waals surface area contributed by atoms with E-state index in [2.05, 4.69) is 23.1 Å². The van der Waals surface area contributed by atoms with Gasteiger partial charge in [0.05, 0.1) is 4.20 Å². The molecule has 0 N–H and O–H groups in total. The minimum atomic E-state index is 0.432. The largest absolute Gasteiger partial charge is 0.375 e. The zero-order valence-electron chi connectivity index (χ0n) is 11.3. The van der Waals surface area contributed by atoms with E-state index < -0.39 is 0 Å². The number of likely N-dealkylation sites (tertiary alicyclic amines) is 1. The Morgan fingerprint density at radius 3 is 2.50 bits per heavy atom. The highest BCUT2D eigenvalue weighted by Crippen LogP contribution is 2.41. The van der Waals surface area contributed by atoms with Gasteiger partial charge in [0.2, 0.25) is 0 Å². The number of thiocarbonyl (C=S) groups is 1. The van der Waals surface area contributed by atoms with E-state index in [4.69, 9.17) is 23.8 Å². The first kappa shape index (κ1) is 14.4. The summed E-state index contributed by atoms with van der Waals surface area (Å²) in [4.78, 5) is 2.53. The molecule has 20 heavy (non-hydrogen) atoms. The number of benzene rings is 1. The van der Waals surface area contributed by atoms with Crippen LogP contribution < -0.4 is 0 Å². The van der Waals surface area contributed by atoms with Crippen molar-refractivity contribution < 1.29 is 0 Å². The molecule has 0 bridgehead atoms. The van der Waals surface area contributed by atoms with Gasteiger partial charge in [-0.2, -0.15) is 0 Å². The molecule has 1 aromatic carbocycles. The van der Waals surface area contributed by atoms with Crippen molar-refractivity contribution in [1.29, 1.82) is 0 Å². The van der Waals surface area contributed by atoms with E-state index in [0.29, 0.717) is 5.25 Å². The highest BCUT2D eigenvalue weighted by molar-refractivity contribution is 8.23. The number of piperidine rings is 1. The SMILES string of the molecule is S=C1C=C(N2CCCCC2)C[C@H](c2ccc(Cl)cc2)S1. The first-order chi connectivity index (χ1) is 9.72. The maximum atomic E-state index is 5.98. The van der Waals surface area contributed by atoms with Crippen LogP contribution in [0.5, 0.6) is 0 Å². The Bertz CT molecular complexity index is 518. The standard InChI is InChI=1S/C16H18ClNS2/c17-13-6-4-12(5-7-13)15-10-14(11-16(19)20-15)18-8-2-1-3-9-18/h4-7,11,15H,1-3,8-10H2/t15-/m1/s1. The Hall–Kier alpha value is -0.510. The first-order valence-corrected chi connectivity index (χ1v) is 8.80. The van der Waals surface area contributed by atoms with Crippen molar-refractivity contribution in [3.8, 4) is 0 Å². The molecular formula is C16H18ClNS2. The minimum absolute atomic E-state index is 0.432. The predicted molar refractivity (Wildman–Crippen MR) is 92.5 cm³/mol. The fourth-order valence-corrected chi connectivity index (χ4v) is 4.51. The molecule has 1 saturated heterocycles. The van der Waals surface area contributed by atoms with Crippen molar-refractivity contribution in [1.82, 2.24) is 4.90 Å². The van der Waals surface area contributed by atoms with Crippen LogP contribution in [0, 0.1) is 0 Å². The van der Waals surface area contributed by atoms with Gasteiger partial charge in [-0.1, -0.05) is 36.0 Å². The van der Waals surface area contributed by atoms with Gasteiger partial charge < -0.3 is 4.90 Å². The lowest BCUT2D eigenvalue weighted by molar-refractivity contribution is 0.276. The molecule has 0 saturated carbocycles. The lowest BCUT2D eigenvalue weighted by Gasteiger charge is -2.35. The van der Waals surface area contributed by atoms with Gasteiger partial charge in [0, 0.05) is 35.5 Å². The third-order valence-corrected chi connectivity index (χ3v) is 5.67. The van der Waals surface area contributed by atoms with Gasteiger partial charge >= 0.3 is 0 Å². The molecule has 3 rings (SSSR count). The molecule has 2 aliphatic heterocycles. The highest BCUT2D eigenvalue weighted by Gasteiger charge is 2.24. The van der Waals surface area contributed by atoms with Crippen LogP contribution in [-0.4, -0.2) is 22.2 Å². The Morgan fingerprint density at radius 2 is 1.80 bits per heavy atom. The summed E-state index contributed by atoms with van der Waals surface area (Å²) in [6.07, 6.45) is 7.26. The van der Waals surface area contributed by atoms with Crippen LogP contribution in [-0.2, 0) is 0 Å². The van der Waals surface area contributed by atoms with Gasteiger partial charge in [-0.25, -0.2) is 0 Å². The number of allylic oxidation sites excluding steroid dienone is 1. The fraction of sp³-hybridized carbons (Fsp3) is 0.438. The Morgan fingerprint density at radius 1 is 1.10 bits per heavy atom. The van der Waals surface area contributed by atoms with Gasteiger partial charge in [-0.3, -0.25) is 0 Å². The summed E-state index contributed by atoms with van der Waals surface area (Å²) in [6.45, 7) is 2.37. The van der Waals surface area contributed by atoms with Crippen molar-refractivity contribution in [2.24, 2.45) is 0 Å². The molecule has 0 amide bonds. The highest BCUT2D eigenvalue weighted by atomic mass is 35.5. The predicted octanol–water partition coefficient (Wildman–Crippen LogP) is 5.22. The third kappa shape index (κ3) is 3.38. The van der Waals surface area contributed by atoms with Crippen molar-refractivity contribution in [3.63, 3.8) is 0 Å². The van der Waals surface area contributed by atoms with E-state index in [0.717, 1.165) is 15.6 Å². The van der Waals surface area contributed by atoms with Crippen LogP contribution in [0.4, 0.5) is 0 Å². The Labute approximate surface area is 135 Å². The van der Waals surface area contributed by atoms with Crippen LogP contribution in [0.15, 0.2) is 36.0 Å². The van der Waals surface area contributed by atoms with Gasteiger partial charge in [0.25, 0.3) is 0 Å². The molecule has 2 aliphatic rings. The number of nitrogens with zero attached hydrogens (tertiary/aromatic N) is 1. The molecular weight excluding hydrogens is 306 g/mol. The summed E-state index contributed by atoms with van der Waals surface area (Å²) in [7, 11) is 0. The van der Waals surface area contributed by atoms with Gasteiger partial charge in [-0.15, -0.1) is 11.8 Å². The monoisotopic (exact) mass is 323 g/mol. The zero-order valence-corrected chi connectivity index (χ0v) is 13.7. The second kappa shape index (κ2) is 6.50. The molecule has 0 aromatic heterocycles. The maximum Gasteiger partial charge on any atom is 0.0729 e. The van der Waals surface area contributed by atoms with Gasteiger partial charge in [0.15, 0.2) is 0 Å². The average molecular weight is 324 g/mol. The maximum absolute atomic E-state index is 5.98. The van der Waals surface area contributed by atoms with E-state index in [1.165, 1.54) is 43.6 Å². The summed E-state index contributed by atoms with van der Waals surface area (Å²) in [5, 5.41) is 1.23. The van der Waals surface area contributed by atoms with E-state index in [-0.39, 0.29) is 0 Å². The molecule has 4 heteroatoms. The van der Waals surface area contributed by atoms with E-state index in [1.54, 1.807) is 11.8 Å². The number of hydrogen-bond donors (Lipinski definition) is 0. The number of hydrogen-bond acceptors (Lipinski definition) is 3. The van der Waals surface area contributed by atoms with Gasteiger partial charge in [-0.05, 0) is 43.0 Å². The molecule has 1 fully saturated rings. The normalized spacial score (nSPS) is 23.6. The van der Waals surface area contributed by atoms with Crippen LogP contribution >= 0.6 is 35.6 Å². The third-order valence-electron chi connectivity index (χ3n) is 3.94. The molecule has 0 radical (unpaired) electrons. The van der Waals surface area contributed by atoms with Crippen LogP contribution in [0.3, 0.4) is 0 Å². The van der Waals surface area contributed by atoms with E-state index in [9.17, 15) is 0 Å². The molecule has 0 unspecified atom stereocenters. The van der Waals surface area contributed by atoms with Crippen molar-refractivity contribution in [2.45, 2.75) is 30.9 Å². The molecule has 1 atom stereocenters. The van der Waals surface area contributed by atoms with Crippen LogP contribution in [0.1, 0.15) is 36.5 Å². The van der Waals surface area contributed by atoms with E-state index in [1.807, 2.05) is 12.1 Å². The number of rotatable bonds is 2. The smallest absolute Gasteiger partial charge is 0.0729 e. The van der Waals surface area contributed by atoms with Crippen molar-refractivity contribution in [2.75, 3.05) is 13.1 Å². The molecule has 1 nitrogen and oxygen atoms in total. The fourth-order valence-electron chi connectivity index (χ4n) is 2.87.